The fourth-order valence-corrected chi connectivity index (χ4v) is 3.51. The molecule has 1 saturated heterocycles. The van der Waals surface area contributed by atoms with Crippen molar-refractivity contribution in [3.05, 3.63) is 70.2 Å². The third kappa shape index (κ3) is 6.47. The second-order valence-corrected chi connectivity index (χ2v) is 7.38. The Balaban J connectivity index is 0.000000336. The molecule has 1 aliphatic rings. The van der Waals surface area contributed by atoms with Crippen LogP contribution in [0.2, 0.25) is 10.0 Å². The van der Waals surface area contributed by atoms with E-state index in [-0.39, 0.29) is 18.4 Å². The second-order valence-electron chi connectivity index (χ2n) is 6.50. The Labute approximate surface area is 175 Å². The standard InChI is InChI=1S/C16H18ClNO3.C6H5Cl/c17-13-8-6-12(7-9-13)15-4-1-5-16(21)18(15)14(11-20)3-2-10-19;7-6-4-2-1-3-5-6/h6-11,14-15H,1-5H2;1-5H. The zero-order chi connectivity index (χ0) is 20.4. The van der Waals surface area contributed by atoms with Gasteiger partial charge in [0.2, 0.25) is 5.91 Å². The molecule has 0 spiro atoms. The summed E-state index contributed by atoms with van der Waals surface area (Å²) in [6, 6.07) is 16.1. The van der Waals surface area contributed by atoms with Gasteiger partial charge in [-0.25, -0.2) is 0 Å². The van der Waals surface area contributed by atoms with E-state index in [4.69, 9.17) is 23.2 Å². The molecule has 0 saturated carbocycles. The zero-order valence-electron chi connectivity index (χ0n) is 15.5. The van der Waals surface area contributed by atoms with Crippen LogP contribution in [-0.2, 0) is 14.4 Å². The minimum Gasteiger partial charge on any atom is -0.326 e. The Morgan fingerprint density at radius 1 is 1.00 bits per heavy atom. The Bertz CT molecular complexity index is 765. The van der Waals surface area contributed by atoms with Crippen molar-refractivity contribution >= 4 is 41.7 Å². The molecule has 2 atom stereocenters. The molecule has 2 aromatic carbocycles. The summed E-state index contributed by atoms with van der Waals surface area (Å²) in [7, 11) is 0. The monoisotopic (exact) mass is 419 g/mol. The lowest BCUT2D eigenvalue weighted by Gasteiger charge is -2.39. The average Bonchev–Trinajstić information content (AvgIpc) is 2.71. The van der Waals surface area contributed by atoms with Gasteiger partial charge in [-0.2, -0.15) is 0 Å². The fourth-order valence-electron chi connectivity index (χ4n) is 3.24. The van der Waals surface area contributed by atoms with Crippen LogP contribution in [0.25, 0.3) is 0 Å². The highest BCUT2D eigenvalue weighted by Gasteiger charge is 2.34. The molecule has 4 nitrogen and oxygen atoms in total. The lowest BCUT2D eigenvalue weighted by atomic mass is 9.92. The molecule has 3 rings (SSSR count). The molecule has 28 heavy (non-hydrogen) atoms. The average molecular weight is 420 g/mol. The molecule has 1 fully saturated rings. The van der Waals surface area contributed by atoms with Gasteiger partial charge in [0.25, 0.3) is 0 Å². The number of rotatable bonds is 6. The van der Waals surface area contributed by atoms with Crippen LogP contribution in [0.1, 0.15) is 43.7 Å². The van der Waals surface area contributed by atoms with Gasteiger partial charge in [-0.1, -0.05) is 53.5 Å². The summed E-state index contributed by atoms with van der Waals surface area (Å²) >= 11 is 11.4. The van der Waals surface area contributed by atoms with E-state index in [1.165, 1.54) is 0 Å². The number of carbonyl (C=O) groups excluding carboxylic acids is 3. The minimum atomic E-state index is -0.538. The molecule has 0 radical (unpaired) electrons. The Hall–Kier alpha value is -2.17. The molecule has 148 valence electrons. The predicted octanol–water partition coefficient (Wildman–Crippen LogP) is 5.28. The minimum absolute atomic E-state index is 0.0239. The molecule has 0 aliphatic carbocycles. The quantitative estimate of drug-likeness (QED) is 0.598. The number of nitrogens with zero attached hydrogens (tertiary/aromatic N) is 1. The van der Waals surface area contributed by atoms with Crippen molar-refractivity contribution < 1.29 is 14.4 Å². The van der Waals surface area contributed by atoms with Gasteiger partial charge in [0.1, 0.15) is 12.6 Å². The van der Waals surface area contributed by atoms with Crippen molar-refractivity contribution in [3.63, 3.8) is 0 Å². The number of hydrogen-bond acceptors (Lipinski definition) is 3. The predicted molar refractivity (Wildman–Crippen MR) is 111 cm³/mol. The Morgan fingerprint density at radius 2 is 1.64 bits per heavy atom. The van der Waals surface area contributed by atoms with Crippen molar-refractivity contribution in [2.75, 3.05) is 0 Å². The zero-order valence-corrected chi connectivity index (χ0v) is 17.0. The highest BCUT2D eigenvalue weighted by molar-refractivity contribution is 6.30. The smallest absolute Gasteiger partial charge is 0.223 e. The summed E-state index contributed by atoms with van der Waals surface area (Å²) in [5.41, 5.74) is 0.977. The summed E-state index contributed by atoms with van der Waals surface area (Å²) < 4.78 is 0. The highest BCUT2D eigenvalue weighted by Crippen LogP contribution is 2.34. The largest absolute Gasteiger partial charge is 0.326 e. The summed E-state index contributed by atoms with van der Waals surface area (Å²) in [6.45, 7) is 0. The van der Waals surface area contributed by atoms with E-state index < -0.39 is 6.04 Å². The first-order valence-corrected chi connectivity index (χ1v) is 9.98. The van der Waals surface area contributed by atoms with E-state index in [0.717, 1.165) is 36.0 Å². The van der Waals surface area contributed by atoms with Crippen molar-refractivity contribution in [3.8, 4) is 0 Å². The number of hydrogen-bond donors (Lipinski definition) is 0. The van der Waals surface area contributed by atoms with Crippen LogP contribution in [0, 0.1) is 0 Å². The number of aldehydes is 2. The van der Waals surface area contributed by atoms with Gasteiger partial charge in [-0.3, -0.25) is 4.79 Å². The van der Waals surface area contributed by atoms with E-state index in [1.807, 2.05) is 42.5 Å². The Morgan fingerprint density at radius 3 is 2.18 bits per heavy atom. The summed E-state index contributed by atoms with van der Waals surface area (Å²) in [5.74, 6) is -0.0239. The molecule has 1 heterocycles. The first-order valence-electron chi connectivity index (χ1n) is 9.23. The number of likely N-dealkylation sites (tertiary alicyclic amines) is 1. The van der Waals surface area contributed by atoms with E-state index in [1.54, 1.807) is 17.0 Å². The molecule has 2 unspecified atom stereocenters. The van der Waals surface area contributed by atoms with Crippen LogP contribution in [0.4, 0.5) is 0 Å². The topological polar surface area (TPSA) is 54.5 Å². The summed E-state index contributed by atoms with van der Waals surface area (Å²) in [4.78, 5) is 35.8. The third-order valence-corrected chi connectivity index (χ3v) is 5.08. The lowest BCUT2D eigenvalue weighted by molar-refractivity contribution is -0.142. The molecular weight excluding hydrogens is 397 g/mol. The van der Waals surface area contributed by atoms with Gasteiger partial charge in [0, 0.05) is 22.9 Å². The van der Waals surface area contributed by atoms with Crippen LogP contribution < -0.4 is 0 Å². The summed E-state index contributed by atoms with van der Waals surface area (Å²) in [5, 5.41) is 1.43. The van der Waals surface area contributed by atoms with Gasteiger partial charge in [0.05, 0.1) is 12.1 Å². The summed E-state index contributed by atoms with van der Waals surface area (Å²) in [6.07, 6.45) is 4.29. The van der Waals surface area contributed by atoms with Gasteiger partial charge >= 0.3 is 0 Å². The highest BCUT2D eigenvalue weighted by atomic mass is 35.5. The van der Waals surface area contributed by atoms with Crippen molar-refractivity contribution in [2.45, 2.75) is 44.2 Å². The molecular formula is C22H23Cl2NO3. The van der Waals surface area contributed by atoms with E-state index in [0.29, 0.717) is 17.9 Å². The van der Waals surface area contributed by atoms with Crippen molar-refractivity contribution in [1.82, 2.24) is 4.90 Å². The van der Waals surface area contributed by atoms with E-state index in [9.17, 15) is 14.4 Å². The normalized spacial score (nSPS) is 17.3. The van der Waals surface area contributed by atoms with Crippen LogP contribution >= 0.6 is 23.2 Å². The lowest BCUT2D eigenvalue weighted by Crippen LogP contribution is -2.46. The molecule has 0 bridgehead atoms. The number of amides is 1. The van der Waals surface area contributed by atoms with Crippen LogP contribution in [0.15, 0.2) is 54.6 Å². The maximum absolute atomic E-state index is 12.3. The first-order chi connectivity index (χ1) is 13.6. The maximum Gasteiger partial charge on any atom is 0.223 e. The van der Waals surface area contributed by atoms with Gasteiger partial charge in [0.15, 0.2) is 0 Å². The van der Waals surface area contributed by atoms with Gasteiger partial charge in [-0.05, 0) is 49.1 Å². The fraction of sp³-hybridized carbons (Fsp3) is 0.318. The van der Waals surface area contributed by atoms with Crippen LogP contribution in [0.3, 0.4) is 0 Å². The molecule has 0 N–H and O–H groups in total. The number of benzene rings is 2. The van der Waals surface area contributed by atoms with E-state index >= 15 is 0 Å². The Kier molecular flexibility index (Phi) is 9.18. The second kappa shape index (κ2) is 11.6. The van der Waals surface area contributed by atoms with Crippen molar-refractivity contribution in [2.24, 2.45) is 0 Å². The third-order valence-electron chi connectivity index (χ3n) is 4.57. The molecule has 6 heteroatoms. The first kappa shape index (κ1) is 22.1. The molecule has 1 amide bonds. The molecule has 1 aliphatic heterocycles. The number of halogens is 2. The van der Waals surface area contributed by atoms with E-state index in [2.05, 4.69) is 0 Å². The van der Waals surface area contributed by atoms with Crippen molar-refractivity contribution in [1.29, 1.82) is 0 Å². The van der Waals surface area contributed by atoms with Gasteiger partial charge < -0.3 is 14.5 Å². The molecule has 0 aromatic heterocycles. The maximum atomic E-state index is 12.3. The SMILES string of the molecule is Clc1ccccc1.O=CCCC(C=O)N1C(=O)CCCC1c1ccc(Cl)cc1. The van der Waals surface area contributed by atoms with Gasteiger partial charge in [-0.15, -0.1) is 0 Å². The molecule has 2 aromatic rings. The van der Waals surface area contributed by atoms with Crippen LogP contribution in [0.5, 0.6) is 0 Å². The van der Waals surface area contributed by atoms with Crippen LogP contribution in [-0.4, -0.2) is 29.4 Å². The number of carbonyl (C=O) groups is 3. The number of piperidine rings is 1.